The Balaban J connectivity index is 1.91. The van der Waals surface area contributed by atoms with Gasteiger partial charge in [0.05, 0.1) is 12.7 Å². The Morgan fingerprint density at radius 3 is 1.76 bits per heavy atom. The van der Waals surface area contributed by atoms with Crippen molar-refractivity contribution < 1.29 is 29.5 Å². The summed E-state index contributed by atoms with van der Waals surface area (Å²) in [4.78, 5) is 0. The zero-order chi connectivity index (χ0) is 24.2. The van der Waals surface area contributed by atoms with Crippen LogP contribution in [0.15, 0.2) is 91.0 Å². The molecule has 0 aliphatic rings. The lowest BCUT2D eigenvalue weighted by molar-refractivity contribution is -0.166. The van der Waals surface area contributed by atoms with Crippen LogP contribution < -0.4 is 14.2 Å². The second-order valence-corrected chi connectivity index (χ2v) is 8.28. The van der Waals surface area contributed by atoms with Crippen molar-refractivity contribution in [3.8, 4) is 17.2 Å². The van der Waals surface area contributed by atoms with E-state index in [-0.39, 0.29) is 19.6 Å². The van der Waals surface area contributed by atoms with Gasteiger partial charge in [0.15, 0.2) is 6.10 Å². The Morgan fingerprint density at radius 2 is 1.26 bits per heavy atom. The zero-order valence-corrected chi connectivity index (χ0v) is 19.5. The van der Waals surface area contributed by atoms with Crippen molar-refractivity contribution in [2.75, 3.05) is 13.2 Å². The summed E-state index contributed by atoms with van der Waals surface area (Å²) in [5.74, 6) is 1.78. The van der Waals surface area contributed by atoms with Crippen molar-refractivity contribution in [2.45, 2.75) is 50.1 Å². The maximum atomic E-state index is 12.2. The van der Waals surface area contributed by atoms with Gasteiger partial charge >= 0.3 is 0 Å². The van der Waals surface area contributed by atoms with Crippen LogP contribution in [0.3, 0.4) is 0 Å². The number of aliphatic hydroxyl groups is 3. The lowest BCUT2D eigenvalue weighted by Gasteiger charge is -2.43. The summed E-state index contributed by atoms with van der Waals surface area (Å²) in [5.41, 5.74) is -1.64. The number of aliphatic hydroxyl groups excluding tert-OH is 2. The van der Waals surface area contributed by atoms with Gasteiger partial charge in [0.25, 0.3) is 0 Å². The molecule has 3 aromatic rings. The Kier molecular flexibility index (Phi) is 9.76. The number of rotatable bonds is 14. The van der Waals surface area contributed by atoms with Gasteiger partial charge in [-0.1, -0.05) is 54.6 Å². The molecule has 6 heteroatoms. The standard InChI is InChI=1S/C28H34O6/c1-22(30)27(34-25-16-9-4-10-17-25)28(31,19-21-32-23-12-5-2-6-13-23)26(18-11-20-29)33-24-14-7-3-8-15-24/h2-10,12-17,22,26-27,29-31H,11,18-21H2,1H3. The molecular formula is C28H34O6. The number of hydrogen-bond acceptors (Lipinski definition) is 6. The molecule has 0 aliphatic heterocycles. The van der Waals surface area contributed by atoms with E-state index < -0.39 is 23.9 Å². The van der Waals surface area contributed by atoms with E-state index in [9.17, 15) is 15.3 Å². The molecule has 0 heterocycles. The molecule has 0 saturated carbocycles. The third-order valence-corrected chi connectivity index (χ3v) is 5.66. The second kappa shape index (κ2) is 13.0. The van der Waals surface area contributed by atoms with Gasteiger partial charge in [0.2, 0.25) is 0 Å². The van der Waals surface area contributed by atoms with Crippen LogP contribution in [0, 0.1) is 0 Å². The first-order chi connectivity index (χ1) is 16.5. The van der Waals surface area contributed by atoms with Crippen LogP contribution >= 0.6 is 0 Å². The van der Waals surface area contributed by atoms with E-state index in [0.717, 1.165) is 0 Å². The lowest BCUT2D eigenvalue weighted by atomic mass is 9.82. The van der Waals surface area contributed by atoms with Gasteiger partial charge in [-0.3, -0.25) is 0 Å². The molecule has 3 aromatic carbocycles. The first kappa shape index (κ1) is 25.6. The lowest BCUT2D eigenvalue weighted by Crippen LogP contribution is -2.61. The Labute approximate surface area is 201 Å². The zero-order valence-electron chi connectivity index (χ0n) is 19.5. The van der Waals surface area contributed by atoms with Crippen molar-refractivity contribution in [2.24, 2.45) is 0 Å². The highest BCUT2D eigenvalue weighted by Crippen LogP contribution is 2.33. The minimum Gasteiger partial charge on any atom is -0.493 e. The summed E-state index contributed by atoms with van der Waals surface area (Å²) in [6, 6.07) is 27.6. The van der Waals surface area contributed by atoms with E-state index in [1.165, 1.54) is 0 Å². The van der Waals surface area contributed by atoms with Crippen molar-refractivity contribution in [1.29, 1.82) is 0 Å². The molecule has 0 bridgehead atoms. The predicted molar refractivity (Wildman–Crippen MR) is 131 cm³/mol. The summed E-state index contributed by atoms with van der Waals surface area (Å²) in [5, 5.41) is 32.4. The third-order valence-electron chi connectivity index (χ3n) is 5.66. The molecule has 0 radical (unpaired) electrons. The van der Waals surface area contributed by atoms with Gasteiger partial charge in [-0.25, -0.2) is 0 Å². The van der Waals surface area contributed by atoms with Gasteiger partial charge in [0, 0.05) is 13.0 Å². The molecule has 182 valence electrons. The van der Waals surface area contributed by atoms with Crippen molar-refractivity contribution in [3.63, 3.8) is 0 Å². The molecule has 3 N–H and O–H groups in total. The fourth-order valence-corrected chi connectivity index (χ4v) is 3.95. The highest BCUT2D eigenvalue weighted by atomic mass is 16.5. The topological polar surface area (TPSA) is 88.4 Å². The Bertz CT molecular complexity index is 935. The highest BCUT2D eigenvalue weighted by molar-refractivity contribution is 5.24. The van der Waals surface area contributed by atoms with E-state index in [1.54, 1.807) is 19.1 Å². The van der Waals surface area contributed by atoms with E-state index in [0.29, 0.717) is 30.1 Å². The molecule has 0 spiro atoms. The second-order valence-electron chi connectivity index (χ2n) is 8.28. The summed E-state index contributed by atoms with van der Waals surface area (Å²) in [6.45, 7) is 1.71. The molecule has 3 rings (SSSR count). The van der Waals surface area contributed by atoms with Crippen LogP contribution in [0.5, 0.6) is 17.2 Å². The van der Waals surface area contributed by atoms with Crippen molar-refractivity contribution >= 4 is 0 Å². The largest absolute Gasteiger partial charge is 0.493 e. The summed E-state index contributed by atoms with van der Waals surface area (Å²) in [7, 11) is 0. The highest BCUT2D eigenvalue weighted by Gasteiger charge is 2.49. The molecule has 4 unspecified atom stereocenters. The van der Waals surface area contributed by atoms with E-state index in [1.807, 2.05) is 78.9 Å². The SMILES string of the molecule is CC(O)C(Oc1ccccc1)C(O)(CCOc1ccccc1)C(CCCO)Oc1ccccc1. The molecule has 34 heavy (non-hydrogen) atoms. The van der Waals surface area contributed by atoms with Crippen molar-refractivity contribution in [1.82, 2.24) is 0 Å². The van der Waals surface area contributed by atoms with Crippen molar-refractivity contribution in [3.05, 3.63) is 91.0 Å². The van der Waals surface area contributed by atoms with Crippen LogP contribution in [0.1, 0.15) is 26.2 Å². The van der Waals surface area contributed by atoms with E-state index in [2.05, 4.69) is 0 Å². The van der Waals surface area contributed by atoms with Gasteiger partial charge in [0.1, 0.15) is 29.0 Å². The molecule has 0 aliphatic carbocycles. The molecule has 0 aromatic heterocycles. The fourth-order valence-electron chi connectivity index (χ4n) is 3.95. The Hall–Kier alpha value is -3.06. The summed E-state index contributed by atoms with van der Waals surface area (Å²) in [6.07, 6.45) is -1.90. The minimum atomic E-state index is -1.64. The third kappa shape index (κ3) is 7.22. The van der Waals surface area contributed by atoms with Gasteiger partial charge in [-0.2, -0.15) is 0 Å². The summed E-state index contributed by atoms with van der Waals surface area (Å²) >= 11 is 0. The van der Waals surface area contributed by atoms with Crippen LogP contribution in [-0.4, -0.2) is 52.4 Å². The molecule has 6 nitrogen and oxygen atoms in total. The number of para-hydroxylation sites is 3. The molecule has 0 amide bonds. The van der Waals surface area contributed by atoms with Crippen LogP contribution in [0.2, 0.25) is 0 Å². The van der Waals surface area contributed by atoms with Gasteiger partial charge in [-0.15, -0.1) is 0 Å². The monoisotopic (exact) mass is 466 g/mol. The van der Waals surface area contributed by atoms with Gasteiger partial charge in [-0.05, 0) is 56.2 Å². The summed E-state index contributed by atoms with van der Waals surface area (Å²) < 4.78 is 18.3. The smallest absolute Gasteiger partial charge is 0.156 e. The van der Waals surface area contributed by atoms with Crippen LogP contribution in [-0.2, 0) is 0 Å². The Morgan fingerprint density at radius 1 is 0.765 bits per heavy atom. The molecular weight excluding hydrogens is 432 g/mol. The van der Waals surface area contributed by atoms with E-state index >= 15 is 0 Å². The average Bonchev–Trinajstić information content (AvgIpc) is 2.86. The first-order valence-corrected chi connectivity index (χ1v) is 11.7. The maximum absolute atomic E-state index is 12.2. The average molecular weight is 467 g/mol. The van der Waals surface area contributed by atoms with Crippen LogP contribution in [0.4, 0.5) is 0 Å². The maximum Gasteiger partial charge on any atom is 0.156 e. The van der Waals surface area contributed by atoms with E-state index in [4.69, 9.17) is 14.2 Å². The quantitative estimate of drug-likeness (QED) is 0.329. The molecule has 4 atom stereocenters. The van der Waals surface area contributed by atoms with Gasteiger partial charge < -0.3 is 29.5 Å². The molecule has 0 saturated heterocycles. The number of hydrogen-bond donors (Lipinski definition) is 3. The first-order valence-electron chi connectivity index (χ1n) is 11.7. The number of ether oxygens (including phenoxy) is 3. The minimum absolute atomic E-state index is 0.0515. The predicted octanol–water partition coefficient (Wildman–Crippen LogP) is 4.24. The van der Waals surface area contributed by atoms with Crippen LogP contribution in [0.25, 0.3) is 0 Å². The molecule has 0 fully saturated rings. The number of benzene rings is 3. The fraction of sp³-hybridized carbons (Fsp3) is 0.357. The normalized spacial score (nSPS) is 15.5.